The molecule has 0 bridgehead atoms. The summed E-state index contributed by atoms with van der Waals surface area (Å²) in [5.41, 5.74) is 0.571. The largest absolute Gasteiger partial charge is 0.366 e. The average Bonchev–Trinajstić information content (AvgIpc) is 2.38. The molecule has 1 aromatic rings. The maximum Gasteiger partial charge on any atom is 0.160 e. The molecule has 1 saturated heterocycles. The zero-order chi connectivity index (χ0) is 13.9. The Kier molecular flexibility index (Phi) is 4.85. The molecule has 1 aliphatic rings. The van der Waals surface area contributed by atoms with Gasteiger partial charge >= 0.3 is 0 Å². The highest BCUT2D eigenvalue weighted by molar-refractivity contribution is 6.31. The van der Waals surface area contributed by atoms with Gasteiger partial charge in [-0.15, -0.1) is 0 Å². The summed E-state index contributed by atoms with van der Waals surface area (Å²) in [6, 6.07) is 7.70. The van der Waals surface area contributed by atoms with Crippen LogP contribution in [0.5, 0.6) is 0 Å². The topological polar surface area (TPSA) is 27.7 Å². The Hall–Kier alpha value is -0.610. The molecular formula is C15H21ClO3. The van der Waals surface area contributed by atoms with Gasteiger partial charge in [0, 0.05) is 10.9 Å². The molecule has 0 amide bonds. The summed E-state index contributed by atoms with van der Waals surface area (Å²) in [4.78, 5) is 0. The third-order valence-corrected chi connectivity index (χ3v) is 3.55. The van der Waals surface area contributed by atoms with Gasteiger partial charge in [0.15, 0.2) is 6.29 Å². The molecule has 0 atom stereocenters. The lowest BCUT2D eigenvalue weighted by Crippen LogP contribution is -2.48. The van der Waals surface area contributed by atoms with Crippen molar-refractivity contribution in [2.24, 2.45) is 5.92 Å². The van der Waals surface area contributed by atoms with Crippen LogP contribution in [0.3, 0.4) is 0 Å². The maximum absolute atomic E-state index is 6.11. The minimum atomic E-state index is -0.412. The highest BCUT2D eigenvalue weighted by Gasteiger charge is 2.34. The van der Waals surface area contributed by atoms with Gasteiger partial charge in [0.05, 0.1) is 19.8 Å². The van der Waals surface area contributed by atoms with Gasteiger partial charge < -0.3 is 14.2 Å². The molecule has 0 spiro atoms. The lowest BCUT2D eigenvalue weighted by molar-refractivity contribution is -0.275. The van der Waals surface area contributed by atoms with Gasteiger partial charge in [-0.1, -0.05) is 43.6 Å². The predicted molar refractivity (Wildman–Crippen MR) is 75.2 cm³/mol. The molecule has 0 N–H and O–H groups in total. The van der Waals surface area contributed by atoms with E-state index in [1.54, 1.807) is 0 Å². The van der Waals surface area contributed by atoms with E-state index in [-0.39, 0.29) is 6.29 Å². The highest BCUT2D eigenvalue weighted by Crippen LogP contribution is 2.25. The predicted octanol–water partition coefficient (Wildman–Crippen LogP) is 3.64. The standard InChI is InChI=1S/C15H21ClO3/c1-11(2)14-17-9-15(3,10-18-14)19-8-12-6-4-5-7-13(12)16/h4-7,11,14H,8-10H2,1-3H3/t14-,15+. The molecule has 0 radical (unpaired) electrons. The van der Waals surface area contributed by atoms with Crippen molar-refractivity contribution >= 4 is 11.6 Å². The minimum absolute atomic E-state index is 0.128. The second kappa shape index (κ2) is 6.23. The zero-order valence-corrected chi connectivity index (χ0v) is 12.4. The van der Waals surface area contributed by atoms with Crippen molar-refractivity contribution in [3.63, 3.8) is 0 Å². The number of halogens is 1. The molecule has 1 fully saturated rings. The van der Waals surface area contributed by atoms with Gasteiger partial charge in [0.25, 0.3) is 0 Å². The Morgan fingerprint density at radius 2 is 1.95 bits per heavy atom. The summed E-state index contributed by atoms with van der Waals surface area (Å²) in [5.74, 6) is 0.355. The summed E-state index contributed by atoms with van der Waals surface area (Å²) in [6.45, 7) is 7.71. The monoisotopic (exact) mass is 284 g/mol. The third kappa shape index (κ3) is 3.93. The van der Waals surface area contributed by atoms with Crippen molar-refractivity contribution in [1.29, 1.82) is 0 Å². The molecule has 3 nitrogen and oxygen atoms in total. The SMILES string of the molecule is CC(C)[C@H]1OC[C@@](C)(OCc2ccccc2Cl)CO1. The van der Waals surface area contributed by atoms with Crippen molar-refractivity contribution in [3.05, 3.63) is 34.9 Å². The van der Waals surface area contributed by atoms with Gasteiger partial charge in [-0.2, -0.15) is 0 Å². The molecule has 0 saturated carbocycles. The first-order valence-electron chi connectivity index (χ1n) is 6.61. The summed E-state index contributed by atoms with van der Waals surface area (Å²) >= 11 is 6.11. The fraction of sp³-hybridized carbons (Fsp3) is 0.600. The van der Waals surface area contributed by atoms with E-state index < -0.39 is 5.60 Å². The Bertz CT molecular complexity index is 412. The van der Waals surface area contributed by atoms with Gasteiger partial charge in [0.1, 0.15) is 5.60 Å². The molecule has 1 aromatic carbocycles. The van der Waals surface area contributed by atoms with E-state index in [2.05, 4.69) is 13.8 Å². The van der Waals surface area contributed by atoms with Crippen LogP contribution in [0.25, 0.3) is 0 Å². The van der Waals surface area contributed by atoms with Crippen molar-refractivity contribution in [3.8, 4) is 0 Å². The van der Waals surface area contributed by atoms with E-state index in [9.17, 15) is 0 Å². The number of benzene rings is 1. The van der Waals surface area contributed by atoms with Crippen LogP contribution < -0.4 is 0 Å². The van der Waals surface area contributed by atoms with E-state index in [1.807, 2.05) is 31.2 Å². The quantitative estimate of drug-likeness (QED) is 0.845. The van der Waals surface area contributed by atoms with E-state index >= 15 is 0 Å². The van der Waals surface area contributed by atoms with Crippen LogP contribution in [0.1, 0.15) is 26.3 Å². The average molecular weight is 285 g/mol. The lowest BCUT2D eigenvalue weighted by atomic mass is 10.1. The molecule has 0 aromatic heterocycles. The van der Waals surface area contributed by atoms with Crippen LogP contribution in [0.4, 0.5) is 0 Å². The summed E-state index contributed by atoms with van der Waals surface area (Å²) in [7, 11) is 0. The number of rotatable bonds is 4. The van der Waals surface area contributed by atoms with Crippen molar-refractivity contribution < 1.29 is 14.2 Å². The highest BCUT2D eigenvalue weighted by atomic mass is 35.5. The molecule has 106 valence electrons. The van der Waals surface area contributed by atoms with Crippen molar-refractivity contribution in [2.75, 3.05) is 13.2 Å². The molecule has 19 heavy (non-hydrogen) atoms. The second-order valence-corrected chi connectivity index (χ2v) is 5.97. The van der Waals surface area contributed by atoms with Gasteiger partial charge in [-0.3, -0.25) is 0 Å². The van der Waals surface area contributed by atoms with E-state index in [1.165, 1.54) is 0 Å². The van der Waals surface area contributed by atoms with E-state index in [4.69, 9.17) is 25.8 Å². The van der Waals surface area contributed by atoms with Crippen LogP contribution in [0.2, 0.25) is 5.02 Å². The van der Waals surface area contributed by atoms with Crippen molar-refractivity contribution in [1.82, 2.24) is 0 Å². The molecule has 1 heterocycles. The van der Waals surface area contributed by atoms with Gasteiger partial charge in [-0.25, -0.2) is 0 Å². The van der Waals surface area contributed by atoms with Crippen LogP contribution in [-0.2, 0) is 20.8 Å². The third-order valence-electron chi connectivity index (χ3n) is 3.18. The molecule has 1 aliphatic heterocycles. The molecule has 0 unspecified atom stereocenters. The van der Waals surface area contributed by atoms with E-state index in [0.717, 1.165) is 10.6 Å². The number of ether oxygens (including phenoxy) is 3. The molecule has 4 heteroatoms. The van der Waals surface area contributed by atoms with Crippen LogP contribution in [-0.4, -0.2) is 25.1 Å². The van der Waals surface area contributed by atoms with Gasteiger partial charge in [-0.05, 0) is 18.6 Å². The number of hydrogen-bond donors (Lipinski definition) is 0. The maximum atomic E-state index is 6.11. The fourth-order valence-corrected chi connectivity index (χ4v) is 2.13. The molecule has 2 rings (SSSR count). The smallest absolute Gasteiger partial charge is 0.160 e. The summed E-state index contributed by atoms with van der Waals surface area (Å²) in [6.07, 6.45) is -0.128. The first kappa shape index (κ1) is 14.8. The number of hydrogen-bond acceptors (Lipinski definition) is 3. The first-order chi connectivity index (χ1) is 9.00. The summed E-state index contributed by atoms with van der Waals surface area (Å²) < 4.78 is 17.3. The van der Waals surface area contributed by atoms with Crippen LogP contribution in [0.15, 0.2) is 24.3 Å². The fourth-order valence-electron chi connectivity index (χ4n) is 1.94. The molecular weight excluding hydrogens is 264 g/mol. The summed E-state index contributed by atoms with van der Waals surface area (Å²) in [5, 5.41) is 0.726. The van der Waals surface area contributed by atoms with Gasteiger partial charge in [0.2, 0.25) is 0 Å². The first-order valence-corrected chi connectivity index (χ1v) is 6.98. The van der Waals surface area contributed by atoms with Crippen molar-refractivity contribution in [2.45, 2.75) is 39.3 Å². The Balaban J connectivity index is 1.88. The Labute approximate surface area is 119 Å². The normalized spacial score (nSPS) is 27.7. The second-order valence-electron chi connectivity index (χ2n) is 5.56. The molecule has 0 aliphatic carbocycles. The minimum Gasteiger partial charge on any atom is -0.366 e. The lowest BCUT2D eigenvalue weighted by Gasteiger charge is -2.38. The Morgan fingerprint density at radius 3 is 2.53 bits per heavy atom. The van der Waals surface area contributed by atoms with Crippen LogP contribution >= 0.6 is 11.6 Å². The zero-order valence-electron chi connectivity index (χ0n) is 11.7. The Morgan fingerprint density at radius 1 is 1.32 bits per heavy atom. The van der Waals surface area contributed by atoms with E-state index in [0.29, 0.717) is 25.7 Å². The van der Waals surface area contributed by atoms with Crippen LogP contribution in [0, 0.1) is 5.92 Å².